The van der Waals surface area contributed by atoms with E-state index in [1.807, 2.05) is 36.4 Å². The average molecular weight is 469 g/mol. The van der Waals surface area contributed by atoms with Crippen LogP contribution in [-0.2, 0) is 4.79 Å². The number of rotatable bonds is 5. The summed E-state index contributed by atoms with van der Waals surface area (Å²) in [6.45, 7) is 2.68. The van der Waals surface area contributed by atoms with Gasteiger partial charge in [0.2, 0.25) is 0 Å². The normalized spacial score (nSPS) is 15.8. The zero-order valence-corrected chi connectivity index (χ0v) is 17.8. The number of carbonyl (C=O) groups is 1. The van der Waals surface area contributed by atoms with E-state index >= 15 is 0 Å². The van der Waals surface area contributed by atoms with E-state index in [9.17, 15) is 4.79 Å². The monoisotopic (exact) mass is 467 g/mol. The van der Waals surface area contributed by atoms with Crippen molar-refractivity contribution in [3.05, 3.63) is 62.4 Å². The minimum atomic E-state index is -0.163. The summed E-state index contributed by atoms with van der Waals surface area (Å²) < 4.78 is 7.01. The molecule has 26 heavy (non-hydrogen) atoms. The predicted molar refractivity (Wildman–Crippen MR) is 117 cm³/mol. The van der Waals surface area contributed by atoms with E-state index < -0.39 is 0 Å². The van der Waals surface area contributed by atoms with E-state index in [1.165, 1.54) is 16.7 Å². The third-order valence-corrected chi connectivity index (χ3v) is 6.16. The molecule has 1 saturated heterocycles. The summed E-state index contributed by atoms with van der Waals surface area (Å²) in [4.78, 5) is 15.0. The lowest BCUT2D eigenvalue weighted by molar-refractivity contribution is -0.113. The Hall–Kier alpha value is -1.34. The number of para-hydroxylation sites is 1. The maximum Gasteiger partial charge on any atom is 0.270 e. The SMILES string of the molecule is CCCOc1ccccc1/C=C1/SC(=S)N(c2ccc(Br)c(Cl)c2)C1=O. The Morgan fingerprint density at radius 2 is 2.08 bits per heavy atom. The molecule has 0 N–H and O–H groups in total. The minimum absolute atomic E-state index is 0.163. The van der Waals surface area contributed by atoms with Gasteiger partial charge in [-0.25, -0.2) is 0 Å². The molecule has 3 nitrogen and oxygen atoms in total. The van der Waals surface area contributed by atoms with Gasteiger partial charge in [0.05, 0.1) is 22.2 Å². The molecule has 0 aliphatic carbocycles. The van der Waals surface area contributed by atoms with E-state index in [0.717, 1.165) is 22.2 Å². The maximum atomic E-state index is 12.9. The number of amides is 1. The fourth-order valence-corrected chi connectivity index (χ4v) is 4.11. The first-order valence-electron chi connectivity index (χ1n) is 7.96. The molecular weight excluding hydrogens is 454 g/mol. The van der Waals surface area contributed by atoms with Crippen molar-refractivity contribution in [2.24, 2.45) is 0 Å². The topological polar surface area (TPSA) is 29.5 Å². The van der Waals surface area contributed by atoms with E-state index in [0.29, 0.717) is 26.5 Å². The van der Waals surface area contributed by atoms with Crippen molar-refractivity contribution in [2.75, 3.05) is 11.5 Å². The molecular formula is C19H15BrClNO2S2. The van der Waals surface area contributed by atoms with Gasteiger partial charge in [-0.15, -0.1) is 0 Å². The molecule has 1 aliphatic heterocycles. The van der Waals surface area contributed by atoms with E-state index in [1.54, 1.807) is 12.1 Å². The van der Waals surface area contributed by atoms with Crippen molar-refractivity contribution in [1.82, 2.24) is 0 Å². The number of hydrogen-bond acceptors (Lipinski definition) is 4. The maximum absolute atomic E-state index is 12.9. The largest absolute Gasteiger partial charge is 0.493 e. The highest BCUT2D eigenvalue weighted by atomic mass is 79.9. The number of ether oxygens (including phenoxy) is 1. The summed E-state index contributed by atoms with van der Waals surface area (Å²) in [6, 6.07) is 13.0. The Kier molecular flexibility index (Phi) is 6.40. The first-order valence-corrected chi connectivity index (χ1v) is 10.4. The number of benzene rings is 2. The van der Waals surface area contributed by atoms with Crippen LogP contribution in [-0.4, -0.2) is 16.8 Å². The number of hydrogen-bond donors (Lipinski definition) is 0. The van der Waals surface area contributed by atoms with Crippen LogP contribution in [0.15, 0.2) is 51.8 Å². The van der Waals surface area contributed by atoms with Crippen LogP contribution < -0.4 is 9.64 Å². The van der Waals surface area contributed by atoms with Crippen LogP contribution in [0.3, 0.4) is 0 Å². The molecule has 1 aliphatic rings. The number of carbonyl (C=O) groups excluding carboxylic acids is 1. The first kappa shape index (κ1) is 19.4. The average Bonchev–Trinajstić information content (AvgIpc) is 2.90. The molecule has 1 amide bonds. The van der Waals surface area contributed by atoms with Crippen LogP contribution in [0.2, 0.25) is 5.02 Å². The molecule has 1 fully saturated rings. The zero-order chi connectivity index (χ0) is 18.7. The summed E-state index contributed by atoms with van der Waals surface area (Å²) in [5.41, 5.74) is 1.51. The molecule has 0 radical (unpaired) electrons. The fraction of sp³-hybridized carbons (Fsp3) is 0.158. The first-order chi connectivity index (χ1) is 12.5. The molecule has 0 atom stereocenters. The van der Waals surface area contributed by atoms with Gasteiger partial charge < -0.3 is 4.74 Å². The summed E-state index contributed by atoms with van der Waals surface area (Å²) in [5, 5.41) is 0.527. The van der Waals surface area contributed by atoms with Gasteiger partial charge in [0.25, 0.3) is 5.91 Å². The number of anilines is 1. The fourth-order valence-electron chi connectivity index (χ4n) is 2.40. The number of nitrogens with zero attached hydrogens (tertiary/aromatic N) is 1. The summed E-state index contributed by atoms with van der Waals surface area (Å²) >= 11 is 16.2. The molecule has 0 saturated carbocycles. The number of thiocarbonyl (C=S) groups is 1. The van der Waals surface area contributed by atoms with Crippen molar-refractivity contribution in [1.29, 1.82) is 0 Å². The Bertz CT molecular complexity index is 901. The second-order valence-electron chi connectivity index (χ2n) is 5.50. The minimum Gasteiger partial charge on any atom is -0.493 e. The third kappa shape index (κ3) is 4.14. The second kappa shape index (κ2) is 8.57. The van der Waals surface area contributed by atoms with Crippen LogP contribution >= 0.6 is 51.5 Å². The van der Waals surface area contributed by atoms with Gasteiger partial charge in [0.1, 0.15) is 5.75 Å². The van der Waals surface area contributed by atoms with Crippen LogP contribution in [0.25, 0.3) is 6.08 Å². The Morgan fingerprint density at radius 3 is 2.81 bits per heavy atom. The van der Waals surface area contributed by atoms with Crippen LogP contribution in [0.4, 0.5) is 5.69 Å². The van der Waals surface area contributed by atoms with Gasteiger partial charge in [0, 0.05) is 10.0 Å². The highest BCUT2D eigenvalue weighted by Crippen LogP contribution is 2.38. The van der Waals surface area contributed by atoms with Gasteiger partial charge in [-0.05, 0) is 52.7 Å². The van der Waals surface area contributed by atoms with Crippen molar-refractivity contribution < 1.29 is 9.53 Å². The summed E-state index contributed by atoms with van der Waals surface area (Å²) in [6.07, 6.45) is 2.74. The molecule has 7 heteroatoms. The quantitative estimate of drug-likeness (QED) is 0.380. The molecule has 0 unspecified atom stereocenters. The lowest BCUT2D eigenvalue weighted by Crippen LogP contribution is -2.27. The molecule has 3 rings (SSSR count). The van der Waals surface area contributed by atoms with Gasteiger partial charge in [-0.2, -0.15) is 0 Å². The van der Waals surface area contributed by atoms with Gasteiger partial charge in [-0.1, -0.05) is 60.7 Å². The van der Waals surface area contributed by atoms with Crippen molar-refractivity contribution >= 4 is 73.5 Å². The standard InChI is InChI=1S/C19H15BrClNO2S2/c1-2-9-24-16-6-4-3-5-12(16)10-17-18(23)22(19(25)26-17)13-7-8-14(20)15(21)11-13/h3-8,10-11H,2,9H2,1H3/b17-10+. The molecule has 0 spiro atoms. The van der Waals surface area contributed by atoms with Gasteiger partial charge >= 0.3 is 0 Å². The third-order valence-electron chi connectivity index (χ3n) is 3.62. The molecule has 0 bridgehead atoms. The van der Waals surface area contributed by atoms with Crippen LogP contribution in [0.5, 0.6) is 5.75 Å². The second-order valence-corrected chi connectivity index (χ2v) is 8.44. The summed E-state index contributed by atoms with van der Waals surface area (Å²) in [5.74, 6) is 0.593. The van der Waals surface area contributed by atoms with Gasteiger partial charge in [0.15, 0.2) is 4.32 Å². The molecule has 2 aromatic carbocycles. The molecule has 1 heterocycles. The molecule has 2 aromatic rings. The lowest BCUT2D eigenvalue weighted by Gasteiger charge is -2.15. The van der Waals surface area contributed by atoms with E-state index in [4.69, 9.17) is 28.6 Å². The van der Waals surface area contributed by atoms with Crippen LogP contribution in [0.1, 0.15) is 18.9 Å². The number of halogens is 2. The highest BCUT2D eigenvalue weighted by Gasteiger charge is 2.33. The Balaban J connectivity index is 1.91. The Morgan fingerprint density at radius 1 is 1.31 bits per heavy atom. The smallest absolute Gasteiger partial charge is 0.270 e. The van der Waals surface area contributed by atoms with E-state index in [2.05, 4.69) is 22.9 Å². The van der Waals surface area contributed by atoms with Crippen molar-refractivity contribution in [3.63, 3.8) is 0 Å². The molecule has 0 aromatic heterocycles. The highest BCUT2D eigenvalue weighted by molar-refractivity contribution is 9.10. The molecule has 134 valence electrons. The Labute approximate surface area is 175 Å². The zero-order valence-electron chi connectivity index (χ0n) is 13.9. The van der Waals surface area contributed by atoms with Crippen LogP contribution in [0, 0.1) is 0 Å². The van der Waals surface area contributed by atoms with E-state index in [-0.39, 0.29) is 5.91 Å². The summed E-state index contributed by atoms with van der Waals surface area (Å²) in [7, 11) is 0. The van der Waals surface area contributed by atoms with Crippen molar-refractivity contribution in [2.45, 2.75) is 13.3 Å². The van der Waals surface area contributed by atoms with Gasteiger partial charge in [-0.3, -0.25) is 9.69 Å². The lowest BCUT2D eigenvalue weighted by atomic mass is 10.2. The predicted octanol–water partition coefficient (Wildman–Crippen LogP) is 6.30. The van der Waals surface area contributed by atoms with Crippen molar-refractivity contribution in [3.8, 4) is 5.75 Å². The number of thioether (sulfide) groups is 1.